The van der Waals surface area contributed by atoms with Gasteiger partial charge in [0.1, 0.15) is 6.66 Å². The van der Waals surface area contributed by atoms with Gasteiger partial charge in [0, 0.05) is 0 Å². The molecule has 0 aliphatic rings. The Morgan fingerprint density at radius 1 is 2.00 bits per heavy atom. The standard InChI is InChI=1S/CH4NOP/c1-4(2)3/h2H,1H3. The van der Waals surface area contributed by atoms with Crippen molar-refractivity contribution < 1.29 is 4.89 Å². The first-order valence-corrected chi connectivity index (χ1v) is 2.56. The van der Waals surface area contributed by atoms with E-state index in [0.717, 1.165) is 0 Å². The van der Waals surface area contributed by atoms with Crippen molar-refractivity contribution in [1.82, 2.24) is 0 Å². The van der Waals surface area contributed by atoms with Gasteiger partial charge in [-0.3, -0.25) is 0 Å². The zero-order chi connectivity index (χ0) is 3.58. The molecule has 2 nitrogen and oxygen atoms in total. The van der Waals surface area contributed by atoms with Crippen LogP contribution >= 0.6 is 7.94 Å². The van der Waals surface area contributed by atoms with Gasteiger partial charge in [-0.2, -0.15) is 0 Å². The largest absolute Gasteiger partial charge is 0.613 e. The predicted molar refractivity (Wildman–Crippen MR) is 15.6 cm³/mol. The number of nitrogens with one attached hydrogen (secondary N) is 1. The third-order valence-corrected chi connectivity index (χ3v) is 0. The third kappa shape index (κ3) is 643. The molecular weight excluding hydrogens is 73.0 g/mol. The van der Waals surface area contributed by atoms with E-state index in [1.165, 1.54) is 6.66 Å². The summed E-state index contributed by atoms with van der Waals surface area (Å²) in [5.74, 6) is 0. The van der Waals surface area contributed by atoms with Crippen LogP contribution in [-0.4, -0.2) is 6.66 Å². The van der Waals surface area contributed by atoms with Gasteiger partial charge in [0.2, 0.25) is 0 Å². The molecule has 0 aromatic carbocycles. The summed E-state index contributed by atoms with van der Waals surface area (Å²) >= 11 is 0. The van der Waals surface area contributed by atoms with Crippen molar-refractivity contribution in [1.29, 1.82) is 5.16 Å². The maximum atomic E-state index is 9.26. The van der Waals surface area contributed by atoms with Crippen LogP contribution in [0.15, 0.2) is 0 Å². The van der Waals surface area contributed by atoms with E-state index in [1.54, 1.807) is 0 Å². The molecule has 0 spiro atoms. The minimum absolute atomic E-state index is 1.34. The molecule has 0 aliphatic carbocycles. The molecule has 1 unspecified atom stereocenters. The summed E-state index contributed by atoms with van der Waals surface area (Å²) in [6, 6.07) is 0. The molecule has 1 N–H and O–H groups in total. The molecular formula is CH4NOP. The van der Waals surface area contributed by atoms with Gasteiger partial charge in [-0.15, -0.1) is 5.16 Å². The zero-order valence-electron chi connectivity index (χ0n) is 2.36. The Morgan fingerprint density at radius 2 is 2.00 bits per heavy atom. The highest BCUT2D eigenvalue weighted by molar-refractivity contribution is 7.36. The van der Waals surface area contributed by atoms with Gasteiger partial charge in [-0.05, 0) is 0 Å². The van der Waals surface area contributed by atoms with Gasteiger partial charge in [-0.25, -0.2) is 0 Å². The van der Waals surface area contributed by atoms with Crippen molar-refractivity contribution >= 4 is 7.94 Å². The van der Waals surface area contributed by atoms with Crippen LogP contribution in [0.25, 0.3) is 0 Å². The van der Waals surface area contributed by atoms with Crippen molar-refractivity contribution in [3.63, 3.8) is 0 Å². The summed E-state index contributed by atoms with van der Waals surface area (Å²) in [5.41, 5.74) is 0. The minimum Gasteiger partial charge on any atom is -0.613 e. The molecule has 4 heavy (non-hydrogen) atoms. The van der Waals surface area contributed by atoms with Gasteiger partial charge >= 0.3 is 0 Å². The van der Waals surface area contributed by atoms with Crippen molar-refractivity contribution in [2.24, 2.45) is 0 Å². The van der Waals surface area contributed by atoms with E-state index in [1.807, 2.05) is 0 Å². The molecule has 0 aromatic heterocycles. The SMILES string of the molecule is C[P+](=N)[O-]. The molecule has 0 bridgehead atoms. The Bertz CT molecular complexity index is 31.0. The van der Waals surface area contributed by atoms with Crippen molar-refractivity contribution in [2.45, 2.75) is 0 Å². The highest BCUT2D eigenvalue weighted by Gasteiger charge is 1.58. The highest BCUT2D eigenvalue weighted by Crippen LogP contribution is 1.92. The van der Waals surface area contributed by atoms with E-state index in [9.17, 15) is 4.89 Å². The molecule has 0 saturated heterocycles. The van der Waals surface area contributed by atoms with Crippen LogP contribution in [0, 0.1) is 5.16 Å². The fraction of sp³-hybridized carbons (Fsp3) is 1.00. The topological polar surface area (TPSA) is 46.9 Å². The van der Waals surface area contributed by atoms with E-state index < -0.39 is 7.94 Å². The molecule has 3 heteroatoms. The zero-order valence-corrected chi connectivity index (χ0v) is 3.25. The van der Waals surface area contributed by atoms with Crippen LogP contribution in [0.5, 0.6) is 0 Å². The Balaban J connectivity index is 2.80. The average molecular weight is 77.0 g/mol. The lowest BCUT2D eigenvalue weighted by molar-refractivity contribution is -0.154. The number of hydrogen-bond acceptors (Lipinski definition) is 2. The lowest BCUT2D eigenvalue weighted by Gasteiger charge is -1.67. The van der Waals surface area contributed by atoms with Crippen LogP contribution in [0.4, 0.5) is 0 Å². The first-order chi connectivity index (χ1) is 1.73. The number of hydrogen-bond donors (Lipinski definition) is 1. The summed E-state index contributed by atoms with van der Waals surface area (Å²) in [6.07, 6.45) is 0. The monoisotopic (exact) mass is 77.0 g/mol. The number of rotatable bonds is 0. The summed E-state index contributed by atoms with van der Waals surface area (Å²) in [5, 5.41) is 6.09. The molecule has 0 radical (unpaired) electrons. The molecule has 0 fully saturated rings. The Labute approximate surface area is 25.8 Å². The smallest absolute Gasteiger partial charge is 0.156 e. The highest BCUT2D eigenvalue weighted by atomic mass is 31.1. The van der Waals surface area contributed by atoms with Crippen LogP contribution in [0.2, 0.25) is 0 Å². The van der Waals surface area contributed by atoms with Crippen molar-refractivity contribution in [2.75, 3.05) is 6.66 Å². The molecule has 0 saturated carbocycles. The average Bonchev–Trinajstić information content (AvgIpc) is 0.811. The fourth-order valence-corrected chi connectivity index (χ4v) is 0. The summed E-state index contributed by atoms with van der Waals surface area (Å²) in [4.78, 5) is 9.26. The second-order valence-electron chi connectivity index (χ2n) is 0.497. The molecule has 24 valence electrons. The van der Waals surface area contributed by atoms with Crippen LogP contribution < -0.4 is 4.89 Å². The van der Waals surface area contributed by atoms with E-state index in [4.69, 9.17) is 5.16 Å². The first-order valence-electron chi connectivity index (χ1n) is 0.853. The van der Waals surface area contributed by atoms with Gasteiger partial charge < -0.3 is 4.89 Å². The maximum Gasteiger partial charge on any atom is 0.156 e. The third-order valence-electron chi connectivity index (χ3n) is 0. The Hall–Kier alpha value is 0.0600. The second-order valence-corrected chi connectivity index (χ2v) is 1.49. The molecule has 0 heterocycles. The van der Waals surface area contributed by atoms with Crippen LogP contribution in [0.3, 0.4) is 0 Å². The molecule has 0 rings (SSSR count). The normalized spacial score (nSPS) is 11.0. The fourth-order valence-electron chi connectivity index (χ4n) is 0. The minimum atomic E-state index is -1.62. The first kappa shape index (κ1) is 4.06. The summed E-state index contributed by atoms with van der Waals surface area (Å²) in [7, 11) is -1.62. The van der Waals surface area contributed by atoms with E-state index in [2.05, 4.69) is 0 Å². The van der Waals surface area contributed by atoms with Gasteiger partial charge in [0.05, 0.1) is 0 Å². The van der Waals surface area contributed by atoms with Crippen LogP contribution in [0.1, 0.15) is 0 Å². The van der Waals surface area contributed by atoms with Crippen LogP contribution in [-0.2, 0) is 0 Å². The maximum absolute atomic E-state index is 9.26. The van der Waals surface area contributed by atoms with E-state index in [-0.39, 0.29) is 0 Å². The van der Waals surface area contributed by atoms with Crippen molar-refractivity contribution in [3.05, 3.63) is 0 Å². The molecule has 1 atom stereocenters. The van der Waals surface area contributed by atoms with E-state index >= 15 is 0 Å². The molecule has 0 aromatic rings. The lowest BCUT2D eigenvalue weighted by Crippen LogP contribution is -1.77. The quantitative estimate of drug-likeness (QED) is 0.410. The van der Waals surface area contributed by atoms with Gasteiger partial charge in [0.25, 0.3) is 0 Å². The predicted octanol–water partition coefficient (Wildman–Crippen LogP) is 0.136. The molecule has 0 aliphatic heterocycles. The second kappa shape index (κ2) is 1.39. The van der Waals surface area contributed by atoms with Crippen molar-refractivity contribution in [3.8, 4) is 0 Å². The lowest BCUT2D eigenvalue weighted by atomic mass is 12.0. The summed E-state index contributed by atoms with van der Waals surface area (Å²) in [6.45, 7) is 1.34. The van der Waals surface area contributed by atoms with Gasteiger partial charge in [0.15, 0.2) is 7.94 Å². The Kier molecular flexibility index (Phi) is 1.41. The van der Waals surface area contributed by atoms with Gasteiger partial charge in [-0.1, -0.05) is 0 Å². The summed E-state index contributed by atoms with van der Waals surface area (Å²) < 4.78 is 0. The molecule has 0 amide bonds. The Morgan fingerprint density at radius 3 is 2.00 bits per heavy atom. The van der Waals surface area contributed by atoms with E-state index in [0.29, 0.717) is 0 Å².